The minimum absolute atomic E-state index is 0.164. The molecule has 0 atom stereocenters. The van der Waals surface area contributed by atoms with Crippen molar-refractivity contribution in [3.8, 4) is 11.5 Å². The summed E-state index contributed by atoms with van der Waals surface area (Å²) >= 11 is 6.43. The lowest BCUT2D eigenvalue weighted by molar-refractivity contribution is -0.126. The van der Waals surface area contributed by atoms with Crippen LogP contribution in [0.5, 0.6) is 11.5 Å². The van der Waals surface area contributed by atoms with Gasteiger partial charge >= 0.3 is 0 Å². The summed E-state index contributed by atoms with van der Waals surface area (Å²) < 4.78 is 10.8. The molecule has 1 aliphatic heterocycles. The highest BCUT2D eigenvalue weighted by molar-refractivity contribution is 8.26. The van der Waals surface area contributed by atoms with Crippen molar-refractivity contribution in [2.24, 2.45) is 0 Å². The Kier molecular flexibility index (Phi) is 6.27. The Morgan fingerprint density at radius 3 is 2.75 bits per heavy atom. The molecule has 0 saturated carbocycles. The molecule has 9 heteroatoms. The number of rotatable bonds is 6. The first-order valence-corrected chi connectivity index (χ1v) is 9.41. The molecular formula is C19H17N3O4S2. The second-order valence-electron chi connectivity index (χ2n) is 5.67. The summed E-state index contributed by atoms with van der Waals surface area (Å²) in [7, 11) is 3.10. The van der Waals surface area contributed by atoms with E-state index in [1.165, 1.54) is 11.1 Å². The van der Waals surface area contributed by atoms with Gasteiger partial charge in [-0.25, -0.2) is 0 Å². The smallest absolute Gasteiger partial charge is 0.266 e. The molecule has 28 heavy (non-hydrogen) atoms. The van der Waals surface area contributed by atoms with Crippen LogP contribution < -0.4 is 14.8 Å². The quantitative estimate of drug-likeness (QED) is 0.574. The molecule has 2 aromatic rings. The van der Waals surface area contributed by atoms with Crippen molar-refractivity contribution in [1.82, 2.24) is 9.88 Å². The van der Waals surface area contributed by atoms with Crippen molar-refractivity contribution in [3.63, 3.8) is 0 Å². The maximum Gasteiger partial charge on any atom is 0.266 e. The molecule has 1 aliphatic rings. The Labute approximate surface area is 171 Å². The van der Waals surface area contributed by atoms with Gasteiger partial charge in [0.2, 0.25) is 5.91 Å². The van der Waals surface area contributed by atoms with E-state index in [1.807, 2.05) is 6.07 Å². The summed E-state index contributed by atoms with van der Waals surface area (Å²) in [5, 5.41) is 2.69. The van der Waals surface area contributed by atoms with Gasteiger partial charge < -0.3 is 14.8 Å². The zero-order chi connectivity index (χ0) is 20.1. The lowest BCUT2D eigenvalue weighted by atomic mass is 10.2. The monoisotopic (exact) mass is 415 g/mol. The van der Waals surface area contributed by atoms with Gasteiger partial charge in [0.25, 0.3) is 5.91 Å². The summed E-state index contributed by atoms with van der Waals surface area (Å²) in [5.41, 5.74) is 1.32. The van der Waals surface area contributed by atoms with Crippen LogP contribution in [-0.2, 0) is 9.59 Å². The fourth-order valence-electron chi connectivity index (χ4n) is 2.51. The molecule has 144 valence electrons. The highest BCUT2D eigenvalue weighted by Gasteiger charge is 2.33. The second kappa shape index (κ2) is 8.85. The van der Waals surface area contributed by atoms with Gasteiger partial charge in [-0.05, 0) is 35.9 Å². The number of hydrogen-bond donors (Lipinski definition) is 1. The summed E-state index contributed by atoms with van der Waals surface area (Å²) in [5.74, 6) is 0.490. The molecule has 0 spiro atoms. The predicted octanol–water partition coefficient (Wildman–Crippen LogP) is 2.94. The first kappa shape index (κ1) is 19.8. The first-order valence-electron chi connectivity index (χ1n) is 8.19. The Bertz CT molecular complexity index is 947. The average molecular weight is 415 g/mol. The standard InChI is InChI=1S/C19H17N3O4S2/c1-25-14-6-5-12(8-15(14)26-2)9-16-18(24)22(19(27)28-16)11-17(23)21-13-4-3-7-20-10-13/h3-10H,11H2,1-2H3,(H,21,23)/b16-9-. The van der Waals surface area contributed by atoms with Gasteiger partial charge in [-0.2, -0.15) is 0 Å². The van der Waals surface area contributed by atoms with Crippen LogP contribution in [0.25, 0.3) is 6.08 Å². The number of carbonyl (C=O) groups excluding carboxylic acids is 2. The third-order valence-corrected chi connectivity index (χ3v) is 5.20. The Morgan fingerprint density at radius 1 is 1.29 bits per heavy atom. The van der Waals surface area contributed by atoms with Gasteiger partial charge in [0.15, 0.2) is 11.5 Å². The van der Waals surface area contributed by atoms with Crippen molar-refractivity contribution in [3.05, 3.63) is 53.2 Å². The Hall–Kier alpha value is -2.91. The summed E-state index contributed by atoms with van der Waals surface area (Å²) in [6.45, 7) is -0.164. The van der Waals surface area contributed by atoms with E-state index in [2.05, 4.69) is 10.3 Å². The molecule has 3 rings (SSSR count). The van der Waals surface area contributed by atoms with Gasteiger partial charge in [0.05, 0.1) is 31.0 Å². The van der Waals surface area contributed by atoms with Gasteiger partial charge in [-0.3, -0.25) is 19.5 Å². The molecule has 1 fully saturated rings. The van der Waals surface area contributed by atoms with Crippen LogP contribution >= 0.6 is 24.0 Å². The molecule has 1 aromatic heterocycles. The fourth-order valence-corrected chi connectivity index (χ4v) is 3.77. The number of pyridine rings is 1. The minimum Gasteiger partial charge on any atom is -0.493 e. The summed E-state index contributed by atoms with van der Waals surface area (Å²) in [6.07, 6.45) is 4.84. The number of thiocarbonyl (C=S) groups is 1. The number of anilines is 1. The number of carbonyl (C=O) groups is 2. The number of methoxy groups -OCH3 is 2. The minimum atomic E-state index is -0.350. The highest BCUT2D eigenvalue weighted by atomic mass is 32.2. The molecular weight excluding hydrogens is 398 g/mol. The van der Waals surface area contributed by atoms with Gasteiger partial charge in [-0.15, -0.1) is 0 Å². The third-order valence-electron chi connectivity index (χ3n) is 3.83. The molecule has 0 aliphatic carbocycles. The lowest BCUT2D eigenvalue weighted by Crippen LogP contribution is -2.36. The molecule has 1 aromatic carbocycles. The van der Waals surface area contributed by atoms with E-state index in [0.29, 0.717) is 26.4 Å². The zero-order valence-corrected chi connectivity index (χ0v) is 16.8. The normalized spacial score (nSPS) is 15.1. The van der Waals surface area contributed by atoms with Crippen LogP contribution in [0.4, 0.5) is 5.69 Å². The Morgan fingerprint density at radius 2 is 2.07 bits per heavy atom. The van der Waals surface area contributed by atoms with Crippen LogP contribution in [0.15, 0.2) is 47.6 Å². The number of aromatic nitrogens is 1. The van der Waals surface area contributed by atoms with Gasteiger partial charge in [0, 0.05) is 6.20 Å². The molecule has 1 saturated heterocycles. The van der Waals surface area contributed by atoms with E-state index in [1.54, 1.807) is 50.8 Å². The number of nitrogens with one attached hydrogen (secondary N) is 1. The fraction of sp³-hybridized carbons (Fsp3) is 0.158. The molecule has 0 unspecified atom stereocenters. The van der Waals surface area contributed by atoms with Crippen LogP contribution in [0.3, 0.4) is 0 Å². The van der Waals surface area contributed by atoms with Crippen LogP contribution in [0.2, 0.25) is 0 Å². The van der Waals surface area contributed by atoms with Crippen molar-refractivity contribution in [1.29, 1.82) is 0 Å². The molecule has 0 bridgehead atoms. The van der Waals surface area contributed by atoms with Gasteiger partial charge in [-0.1, -0.05) is 30.0 Å². The van der Waals surface area contributed by atoms with E-state index in [4.69, 9.17) is 21.7 Å². The molecule has 0 radical (unpaired) electrons. The predicted molar refractivity (Wildman–Crippen MR) is 112 cm³/mol. The van der Waals surface area contributed by atoms with E-state index in [-0.39, 0.29) is 18.4 Å². The maximum atomic E-state index is 12.7. The maximum absolute atomic E-state index is 12.7. The number of benzene rings is 1. The molecule has 1 N–H and O–H groups in total. The largest absolute Gasteiger partial charge is 0.493 e. The number of thioether (sulfide) groups is 1. The van der Waals surface area contributed by atoms with Crippen LogP contribution in [0, 0.1) is 0 Å². The Balaban J connectivity index is 1.72. The van der Waals surface area contributed by atoms with E-state index in [0.717, 1.165) is 17.3 Å². The topological polar surface area (TPSA) is 80.8 Å². The summed E-state index contributed by atoms with van der Waals surface area (Å²) in [4.78, 5) is 30.6. The third kappa shape index (κ3) is 4.49. The molecule has 2 heterocycles. The summed E-state index contributed by atoms with van der Waals surface area (Å²) in [6, 6.07) is 8.75. The number of hydrogen-bond acceptors (Lipinski definition) is 7. The first-order chi connectivity index (χ1) is 13.5. The SMILES string of the molecule is COc1ccc(/C=C2\SC(=S)N(CC(=O)Nc3cccnc3)C2=O)cc1OC. The number of nitrogens with zero attached hydrogens (tertiary/aromatic N) is 2. The van der Waals surface area contributed by atoms with Crippen molar-refractivity contribution in [2.45, 2.75) is 0 Å². The zero-order valence-electron chi connectivity index (χ0n) is 15.2. The van der Waals surface area contributed by atoms with E-state index < -0.39 is 0 Å². The number of ether oxygens (including phenoxy) is 2. The van der Waals surface area contributed by atoms with Crippen LogP contribution in [-0.4, -0.2) is 46.8 Å². The second-order valence-corrected chi connectivity index (χ2v) is 7.35. The molecule has 7 nitrogen and oxygen atoms in total. The highest BCUT2D eigenvalue weighted by Crippen LogP contribution is 2.34. The number of amides is 2. The van der Waals surface area contributed by atoms with Gasteiger partial charge in [0.1, 0.15) is 10.9 Å². The average Bonchev–Trinajstić information content (AvgIpc) is 2.96. The van der Waals surface area contributed by atoms with E-state index in [9.17, 15) is 9.59 Å². The molecule has 2 amide bonds. The van der Waals surface area contributed by atoms with Crippen molar-refractivity contribution < 1.29 is 19.1 Å². The van der Waals surface area contributed by atoms with Crippen molar-refractivity contribution >= 4 is 51.9 Å². The van der Waals surface area contributed by atoms with Crippen LogP contribution in [0.1, 0.15) is 5.56 Å². The van der Waals surface area contributed by atoms with E-state index >= 15 is 0 Å². The van der Waals surface area contributed by atoms with Crippen molar-refractivity contribution in [2.75, 3.05) is 26.1 Å². The lowest BCUT2D eigenvalue weighted by Gasteiger charge is -2.14.